The summed E-state index contributed by atoms with van der Waals surface area (Å²) in [5, 5.41) is 2.23. The first-order valence-corrected chi connectivity index (χ1v) is 18.6. The van der Waals surface area contributed by atoms with Crippen LogP contribution >= 0.6 is 11.6 Å². The average Bonchev–Trinajstić information content (AvgIpc) is 3.46. The average molecular weight is 688 g/mol. The standard InChI is InChI=1S/C42H30BClN2Se/c44-29-20-24-35-41(26-29)47-40-16-8-15-38-42(40)43(35)34-23-19-28(25-39(34)46(38)30-9-2-1-3-10-30)27-17-21-31(22-18-27)45-36-13-6-4-11-32(36)33-12-5-7-14-37(33)45/h1-4,6,8-11,13,15-26H,5,7,12,14H2. The van der Waals surface area contributed by atoms with Crippen molar-refractivity contribution < 1.29 is 0 Å². The van der Waals surface area contributed by atoms with Crippen LogP contribution < -0.4 is 30.2 Å². The molecule has 3 heterocycles. The fourth-order valence-electron chi connectivity index (χ4n) is 8.28. The number of hydrogen-bond acceptors (Lipinski definition) is 1. The second-order valence-electron chi connectivity index (χ2n) is 12.9. The van der Waals surface area contributed by atoms with Crippen molar-refractivity contribution in [3.05, 3.63) is 150 Å². The van der Waals surface area contributed by atoms with Gasteiger partial charge in [-0.15, -0.1) is 0 Å². The van der Waals surface area contributed by atoms with Crippen molar-refractivity contribution >= 4 is 86.5 Å². The second-order valence-corrected chi connectivity index (χ2v) is 15.6. The number of fused-ring (bicyclic) bond motifs is 7. The Morgan fingerprint density at radius 1 is 0.596 bits per heavy atom. The van der Waals surface area contributed by atoms with Crippen LogP contribution in [0.25, 0.3) is 27.7 Å². The first-order valence-electron chi connectivity index (χ1n) is 16.5. The van der Waals surface area contributed by atoms with E-state index < -0.39 is 0 Å². The zero-order valence-electron chi connectivity index (χ0n) is 25.8. The van der Waals surface area contributed by atoms with E-state index in [9.17, 15) is 0 Å². The van der Waals surface area contributed by atoms with E-state index in [4.69, 9.17) is 11.6 Å². The zero-order chi connectivity index (χ0) is 31.1. The SMILES string of the molecule is Clc1ccc2c(c1)[Se]c1cccc3c1B2c1ccc(-c2ccc(-n4c5c(c6ccccc64)CCCC5)cc2)cc1N3c1ccccc1. The molecule has 0 fully saturated rings. The predicted molar refractivity (Wildman–Crippen MR) is 201 cm³/mol. The Morgan fingerprint density at radius 2 is 1.38 bits per heavy atom. The van der Waals surface area contributed by atoms with Crippen LogP contribution in [-0.2, 0) is 12.8 Å². The van der Waals surface area contributed by atoms with Crippen molar-refractivity contribution in [2.45, 2.75) is 25.7 Å². The summed E-state index contributed by atoms with van der Waals surface area (Å²) in [7, 11) is 0. The molecule has 1 aliphatic carbocycles. The minimum absolute atomic E-state index is 0.184. The van der Waals surface area contributed by atoms with E-state index in [1.807, 2.05) is 0 Å². The number of aryl methyl sites for hydroxylation is 1. The summed E-state index contributed by atoms with van der Waals surface area (Å²) in [5.41, 5.74) is 16.0. The Balaban J connectivity index is 1.13. The van der Waals surface area contributed by atoms with Gasteiger partial charge in [-0.05, 0) is 37.3 Å². The molecule has 0 radical (unpaired) electrons. The maximum atomic E-state index is 6.54. The summed E-state index contributed by atoms with van der Waals surface area (Å²) in [6, 6.07) is 49.5. The van der Waals surface area contributed by atoms with Crippen molar-refractivity contribution in [2.75, 3.05) is 4.90 Å². The van der Waals surface area contributed by atoms with Gasteiger partial charge in [-0.1, -0.05) is 18.2 Å². The van der Waals surface area contributed by atoms with E-state index in [2.05, 4.69) is 143 Å². The van der Waals surface area contributed by atoms with E-state index in [0.29, 0.717) is 0 Å². The molecule has 47 heavy (non-hydrogen) atoms. The molecule has 0 unspecified atom stereocenters. The summed E-state index contributed by atoms with van der Waals surface area (Å²) >= 11 is 6.74. The van der Waals surface area contributed by atoms with Crippen molar-refractivity contribution in [2.24, 2.45) is 0 Å². The van der Waals surface area contributed by atoms with E-state index >= 15 is 0 Å². The number of hydrogen-bond donors (Lipinski definition) is 0. The fraction of sp³-hybridized carbons (Fsp3) is 0.0952. The Labute approximate surface area is 286 Å². The fourth-order valence-corrected chi connectivity index (χ4v) is 11.1. The van der Waals surface area contributed by atoms with Gasteiger partial charge in [0.25, 0.3) is 0 Å². The number of nitrogens with zero attached hydrogens (tertiary/aromatic N) is 2. The van der Waals surface area contributed by atoms with Gasteiger partial charge in [0.1, 0.15) is 0 Å². The van der Waals surface area contributed by atoms with Crippen LogP contribution in [0, 0.1) is 0 Å². The number of benzene rings is 6. The number of para-hydroxylation sites is 2. The van der Waals surface area contributed by atoms with E-state index in [1.54, 1.807) is 5.56 Å². The van der Waals surface area contributed by atoms with E-state index in [-0.39, 0.29) is 21.7 Å². The summed E-state index contributed by atoms with van der Waals surface area (Å²) < 4.78 is 5.35. The molecule has 6 aromatic carbocycles. The Bertz CT molecular complexity index is 2360. The molecule has 0 bridgehead atoms. The normalized spacial score (nSPS) is 14.4. The summed E-state index contributed by atoms with van der Waals surface area (Å²) in [6.07, 6.45) is 4.87. The monoisotopic (exact) mass is 688 g/mol. The zero-order valence-corrected chi connectivity index (χ0v) is 28.3. The first-order chi connectivity index (χ1) is 23.2. The Morgan fingerprint density at radius 3 is 2.28 bits per heavy atom. The van der Waals surface area contributed by atoms with Gasteiger partial charge in [-0.2, -0.15) is 0 Å². The van der Waals surface area contributed by atoms with Gasteiger partial charge in [-0.3, -0.25) is 0 Å². The van der Waals surface area contributed by atoms with E-state index in [1.165, 1.54) is 95.0 Å². The van der Waals surface area contributed by atoms with Crippen LogP contribution in [0.5, 0.6) is 0 Å². The van der Waals surface area contributed by atoms with E-state index in [0.717, 1.165) is 11.4 Å². The van der Waals surface area contributed by atoms with Gasteiger partial charge in [-0.25, -0.2) is 0 Å². The number of anilines is 3. The van der Waals surface area contributed by atoms with Crippen LogP contribution in [0.2, 0.25) is 5.02 Å². The minimum atomic E-state index is 0.184. The molecule has 0 atom stereocenters. The van der Waals surface area contributed by atoms with Crippen LogP contribution in [-0.4, -0.2) is 26.2 Å². The van der Waals surface area contributed by atoms with Gasteiger partial charge >= 0.3 is 216 Å². The predicted octanol–water partition coefficient (Wildman–Crippen LogP) is 7.10. The third-order valence-electron chi connectivity index (χ3n) is 10.3. The summed E-state index contributed by atoms with van der Waals surface area (Å²) in [6.45, 7) is 0.184. The van der Waals surface area contributed by atoms with Gasteiger partial charge in [0.05, 0.1) is 5.52 Å². The molecule has 0 spiro atoms. The number of aromatic nitrogens is 1. The number of rotatable bonds is 3. The van der Waals surface area contributed by atoms with Crippen molar-refractivity contribution in [3.63, 3.8) is 0 Å². The van der Waals surface area contributed by atoms with Crippen molar-refractivity contribution in [1.82, 2.24) is 4.57 Å². The number of halogens is 1. The molecule has 2 aliphatic heterocycles. The quantitative estimate of drug-likeness (QED) is 0.180. The topological polar surface area (TPSA) is 8.17 Å². The van der Waals surface area contributed by atoms with Gasteiger partial charge in [0.15, 0.2) is 0 Å². The Kier molecular flexibility index (Phi) is 6.34. The molecular formula is C42H30BClN2Se. The molecule has 10 rings (SSSR count). The molecule has 7 aromatic rings. The molecule has 0 saturated carbocycles. The van der Waals surface area contributed by atoms with Gasteiger partial charge < -0.3 is 0 Å². The van der Waals surface area contributed by atoms with Gasteiger partial charge in [0.2, 0.25) is 0 Å². The van der Waals surface area contributed by atoms with Crippen LogP contribution in [0.1, 0.15) is 24.1 Å². The second kappa shape index (κ2) is 10.8. The third-order valence-corrected chi connectivity index (χ3v) is 13.0. The van der Waals surface area contributed by atoms with Crippen molar-refractivity contribution in [1.29, 1.82) is 0 Å². The molecule has 224 valence electrons. The summed E-state index contributed by atoms with van der Waals surface area (Å²) in [4.78, 5) is 2.48. The summed E-state index contributed by atoms with van der Waals surface area (Å²) in [5.74, 6) is 0. The molecule has 0 N–H and O–H groups in total. The van der Waals surface area contributed by atoms with Gasteiger partial charge in [0, 0.05) is 11.1 Å². The van der Waals surface area contributed by atoms with Crippen molar-refractivity contribution in [3.8, 4) is 16.8 Å². The van der Waals surface area contributed by atoms with Crippen LogP contribution in [0.3, 0.4) is 0 Å². The Hall–Kier alpha value is -4.47. The first kappa shape index (κ1) is 27.6. The molecule has 2 nitrogen and oxygen atoms in total. The molecule has 0 saturated heterocycles. The molecule has 0 amide bonds. The molecule has 3 aliphatic rings. The van der Waals surface area contributed by atoms with Crippen LogP contribution in [0.15, 0.2) is 133 Å². The molecule has 1 aromatic heterocycles. The third kappa shape index (κ3) is 4.25. The van der Waals surface area contributed by atoms with Crippen LogP contribution in [0.4, 0.5) is 17.1 Å². The molecule has 5 heteroatoms. The molecular weight excluding hydrogens is 658 g/mol. The maximum absolute atomic E-state index is 6.54.